The highest BCUT2D eigenvalue weighted by Crippen LogP contribution is 2.27. The van der Waals surface area contributed by atoms with Crippen LogP contribution in [0.15, 0.2) is 29.4 Å². The first-order chi connectivity index (χ1) is 8.35. The molecule has 0 bridgehead atoms. The van der Waals surface area contributed by atoms with Crippen LogP contribution < -0.4 is 4.74 Å². The molecule has 1 aliphatic rings. The molecule has 1 N–H and O–H groups in total. The molecule has 0 unspecified atom stereocenters. The van der Waals surface area contributed by atoms with Gasteiger partial charge in [-0.05, 0) is 44.2 Å². The summed E-state index contributed by atoms with van der Waals surface area (Å²) in [6, 6.07) is 7.80. The summed E-state index contributed by atoms with van der Waals surface area (Å²) in [7, 11) is 0. The van der Waals surface area contributed by atoms with E-state index >= 15 is 0 Å². The highest BCUT2D eigenvalue weighted by atomic mass is 16.5. The Morgan fingerprint density at radius 2 is 2.06 bits per heavy atom. The highest BCUT2D eigenvalue weighted by Gasteiger charge is 2.18. The molecule has 3 heteroatoms. The van der Waals surface area contributed by atoms with Gasteiger partial charge in [-0.3, -0.25) is 0 Å². The second kappa shape index (κ2) is 5.71. The van der Waals surface area contributed by atoms with E-state index in [4.69, 9.17) is 9.94 Å². The van der Waals surface area contributed by atoms with Crippen molar-refractivity contribution >= 4 is 5.71 Å². The third-order valence-electron chi connectivity index (χ3n) is 3.25. The minimum Gasteiger partial charge on any atom is -0.490 e. The van der Waals surface area contributed by atoms with Gasteiger partial charge in [0.05, 0.1) is 11.8 Å². The van der Waals surface area contributed by atoms with Gasteiger partial charge < -0.3 is 9.94 Å². The van der Waals surface area contributed by atoms with Crippen LogP contribution in [0.1, 0.15) is 44.6 Å². The zero-order chi connectivity index (χ0) is 12.1. The molecule has 2 rings (SSSR count). The van der Waals surface area contributed by atoms with Crippen LogP contribution >= 0.6 is 0 Å². The smallest absolute Gasteiger partial charge is 0.128 e. The minimum atomic E-state index is 0.327. The van der Waals surface area contributed by atoms with Gasteiger partial charge >= 0.3 is 0 Å². The summed E-state index contributed by atoms with van der Waals surface area (Å²) in [6.07, 6.45) is 5.79. The molecule has 0 radical (unpaired) electrons. The molecule has 0 atom stereocenters. The Balaban J connectivity index is 2.20. The molecule has 1 aromatic rings. The molecular formula is C14H19NO2. The van der Waals surface area contributed by atoms with E-state index in [0.717, 1.165) is 24.2 Å². The molecule has 1 saturated carbocycles. The minimum absolute atomic E-state index is 0.327. The maximum atomic E-state index is 9.00. The lowest BCUT2D eigenvalue weighted by Gasteiger charge is -2.16. The number of rotatable bonds is 4. The normalized spacial score (nSPS) is 17.4. The Morgan fingerprint density at radius 3 is 2.71 bits per heavy atom. The van der Waals surface area contributed by atoms with E-state index in [-0.39, 0.29) is 0 Å². The fourth-order valence-corrected chi connectivity index (χ4v) is 2.31. The van der Waals surface area contributed by atoms with Crippen molar-refractivity contribution < 1.29 is 9.94 Å². The first-order valence-corrected chi connectivity index (χ1v) is 6.32. The van der Waals surface area contributed by atoms with Crippen molar-refractivity contribution in [3.8, 4) is 5.75 Å². The van der Waals surface area contributed by atoms with Crippen molar-refractivity contribution in [2.45, 2.75) is 45.1 Å². The zero-order valence-electron chi connectivity index (χ0n) is 10.2. The molecule has 0 aromatic heterocycles. The maximum Gasteiger partial charge on any atom is 0.128 e. The number of benzene rings is 1. The van der Waals surface area contributed by atoms with Gasteiger partial charge in [0, 0.05) is 5.56 Å². The highest BCUT2D eigenvalue weighted by molar-refractivity contribution is 6.02. The number of para-hydroxylation sites is 1. The largest absolute Gasteiger partial charge is 0.490 e. The third kappa shape index (κ3) is 2.78. The fourth-order valence-electron chi connectivity index (χ4n) is 2.31. The van der Waals surface area contributed by atoms with Crippen molar-refractivity contribution in [1.29, 1.82) is 0 Å². The van der Waals surface area contributed by atoms with Crippen molar-refractivity contribution in [2.24, 2.45) is 5.16 Å². The van der Waals surface area contributed by atoms with Crippen LogP contribution in [-0.4, -0.2) is 17.0 Å². The number of nitrogens with zero attached hydrogens (tertiary/aromatic N) is 1. The first-order valence-electron chi connectivity index (χ1n) is 6.32. The number of hydrogen-bond donors (Lipinski definition) is 1. The van der Waals surface area contributed by atoms with Gasteiger partial charge in [-0.1, -0.05) is 24.2 Å². The van der Waals surface area contributed by atoms with Gasteiger partial charge in [0.2, 0.25) is 0 Å². The average Bonchev–Trinajstić information content (AvgIpc) is 2.86. The average molecular weight is 233 g/mol. The number of hydrogen-bond acceptors (Lipinski definition) is 3. The standard InChI is InChI=1S/C14H19NO2/c1-2-13(15-16)12-9-5-6-10-14(12)17-11-7-3-4-8-11/h5-6,9-11,16H,2-4,7-8H2,1H3/b15-13+. The Bertz CT molecular complexity index is 395. The Hall–Kier alpha value is -1.51. The topological polar surface area (TPSA) is 41.8 Å². The van der Waals surface area contributed by atoms with Crippen LogP contribution in [0.3, 0.4) is 0 Å². The van der Waals surface area contributed by atoms with Gasteiger partial charge in [-0.15, -0.1) is 0 Å². The molecule has 0 saturated heterocycles. The zero-order valence-corrected chi connectivity index (χ0v) is 10.2. The molecule has 0 amide bonds. The van der Waals surface area contributed by atoms with Crippen LogP contribution in [0.25, 0.3) is 0 Å². The lowest BCUT2D eigenvalue weighted by Crippen LogP contribution is -2.13. The predicted molar refractivity (Wildman–Crippen MR) is 67.9 cm³/mol. The van der Waals surface area contributed by atoms with Crippen LogP contribution in [0, 0.1) is 0 Å². The van der Waals surface area contributed by atoms with E-state index in [2.05, 4.69) is 5.16 Å². The molecule has 92 valence electrons. The maximum absolute atomic E-state index is 9.00. The Morgan fingerprint density at radius 1 is 1.35 bits per heavy atom. The van der Waals surface area contributed by atoms with Crippen molar-refractivity contribution in [2.75, 3.05) is 0 Å². The second-order valence-corrected chi connectivity index (χ2v) is 4.42. The van der Waals surface area contributed by atoms with Gasteiger partial charge in [0.25, 0.3) is 0 Å². The quantitative estimate of drug-likeness (QED) is 0.490. The first kappa shape index (κ1) is 12.0. The summed E-state index contributed by atoms with van der Waals surface area (Å²) < 4.78 is 6.00. The molecular weight excluding hydrogens is 214 g/mol. The van der Waals surface area contributed by atoms with Crippen LogP contribution in [0.5, 0.6) is 5.75 Å². The lowest BCUT2D eigenvalue weighted by atomic mass is 10.1. The molecule has 17 heavy (non-hydrogen) atoms. The van der Waals surface area contributed by atoms with Gasteiger partial charge in [-0.25, -0.2) is 0 Å². The number of ether oxygens (including phenoxy) is 1. The molecule has 0 spiro atoms. The predicted octanol–water partition coefficient (Wildman–Crippen LogP) is 3.60. The monoisotopic (exact) mass is 233 g/mol. The van der Waals surface area contributed by atoms with E-state index in [9.17, 15) is 0 Å². The fraction of sp³-hybridized carbons (Fsp3) is 0.500. The van der Waals surface area contributed by atoms with Crippen LogP contribution in [-0.2, 0) is 0 Å². The summed E-state index contributed by atoms with van der Waals surface area (Å²) in [4.78, 5) is 0. The summed E-state index contributed by atoms with van der Waals surface area (Å²) in [5.74, 6) is 0.842. The molecule has 1 aliphatic carbocycles. The van der Waals surface area contributed by atoms with Crippen molar-refractivity contribution in [1.82, 2.24) is 0 Å². The van der Waals surface area contributed by atoms with Crippen molar-refractivity contribution in [3.63, 3.8) is 0 Å². The third-order valence-corrected chi connectivity index (χ3v) is 3.25. The van der Waals surface area contributed by atoms with Gasteiger partial charge in [-0.2, -0.15) is 0 Å². The Labute approximate surface area is 102 Å². The van der Waals surface area contributed by atoms with Gasteiger partial charge in [0.1, 0.15) is 5.75 Å². The molecule has 1 fully saturated rings. The molecule has 0 heterocycles. The van der Waals surface area contributed by atoms with E-state index in [1.165, 1.54) is 12.8 Å². The molecule has 0 aliphatic heterocycles. The van der Waals surface area contributed by atoms with Crippen molar-refractivity contribution in [3.05, 3.63) is 29.8 Å². The summed E-state index contributed by atoms with van der Waals surface area (Å²) in [6.45, 7) is 1.97. The van der Waals surface area contributed by atoms with E-state index < -0.39 is 0 Å². The van der Waals surface area contributed by atoms with E-state index in [1.54, 1.807) is 0 Å². The summed E-state index contributed by atoms with van der Waals surface area (Å²) >= 11 is 0. The lowest BCUT2D eigenvalue weighted by molar-refractivity contribution is 0.209. The van der Waals surface area contributed by atoms with Gasteiger partial charge in [0.15, 0.2) is 0 Å². The SMILES string of the molecule is CC/C(=N\O)c1ccccc1OC1CCCC1. The van der Waals surface area contributed by atoms with Crippen LogP contribution in [0.4, 0.5) is 0 Å². The van der Waals surface area contributed by atoms with E-state index in [1.807, 2.05) is 31.2 Å². The number of oxime groups is 1. The van der Waals surface area contributed by atoms with E-state index in [0.29, 0.717) is 18.2 Å². The van der Waals surface area contributed by atoms with Crippen LogP contribution in [0.2, 0.25) is 0 Å². The molecule has 1 aromatic carbocycles. The second-order valence-electron chi connectivity index (χ2n) is 4.42. The Kier molecular flexibility index (Phi) is 4.02. The summed E-state index contributed by atoms with van der Waals surface area (Å²) in [5.41, 5.74) is 1.59. The summed E-state index contributed by atoms with van der Waals surface area (Å²) in [5, 5.41) is 12.3. The molecule has 3 nitrogen and oxygen atoms in total.